The van der Waals surface area contributed by atoms with E-state index in [4.69, 9.17) is 4.74 Å². The first kappa shape index (κ1) is 11.7. The van der Waals surface area contributed by atoms with E-state index in [-0.39, 0.29) is 5.60 Å². The second kappa shape index (κ2) is 3.96. The Morgan fingerprint density at radius 1 is 1.06 bits per heavy atom. The minimum Gasteiger partial charge on any atom is -0.372 e. The van der Waals surface area contributed by atoms with Crippen LogP contribution in [0.3, 0.4) is 0 Å². The highest BCUT2D eigenvalue weighted by Gasteiger charge is 2.60. The van der Waals surface area contributed by atoms with Crippen LogP contribution in [0.25, 0.3) is 0 Å². The van der Waals surface area contributed by atoms with E-state index in [2.05, 4.69) is 12.2 Å². The lowest BCUT2D eigenvalue weighted by Gasteiger charge is -2.64. The molecule has 5 rings (SSSR count). The SMILES string of the molecule is CCC1(C23CC4CC(CC(C4)C2)C3)CNCCO1. The third-order valence-electron chi connectivity index (χ3n) is 6.64. The first-order valence-electron chi connectivity index (χ1n) is 8.10. The van der Waals surface area contributed by atoms with Crippen LogP contribution < -0.4 is 5.32 Å². The second-order valence-electron chi connectivity index (χ2n) is 7.57. The van der Waals surface area contributed by atoms with Crippen LogP contribution in [0.1, 0.15) is 51.9 Å². The maximum absolute atomic E-state index is 6.44. The van der Waals surface area contributed by atoms with Gasteiger partial charge in [0.2, 0.25) is 0 Å². The van der Waals surface area contributed by atoms with Crippen molar-refractivity contribution < 1.29 is 4.74 Å². The molecule has 1 heterocycles. The van der Waals surface area contributed by atoms with Gasteiger partial charge in [-0.2, -0.15) is 0 Å². The third-order valence-corrected chi connectivity index (χ3v) is 6.64. The molecular weight excluding hydrogens is 222 g/mol. The van der Waals surface area contributed by atoms with Crippen molar-refractivity contribution in [2.45, 2.75) is 57.5 Å². The zero-order chi connectivity index (χ0) is 12.2. The summed E-state index contributed by atoms with van der Waals surface area (Å²) in [5.41, 5.74) is 0.700. The van der Waals surface area contributed by atoms with Gasteiger partial charge < -0.3 is 10.1 Å². The molecule has 0 aromatic rings. The van der Waals surface area contributed by atoms with Crippen LogP contribution in [0.15, 0.2) is 0 Å². The molecule has 2 nitrogen and oxygen atoms in total. The number of nitrogens with one attached hydrogen (secondary N) is 1. The summed E-state index contributed by atoms with van der Waals surface area (Å²) in [6.07, 6.45) is 10.2. The van der Waals surface area contributed by atoms with Crippen molar-refractivity contribution in [2.24, 2.45) is 23.2 Å². The predicted molar refractivity (Wildman–Crippen MR) is 72.4 cm³/mol. The molecule has 4 saturated carbocycles. The first-order valence-corrected chi connectivity index (χ1v) is 8.10. The highest BCUT2D eigenvalue weighted by Crippen LogP contribution is 2.65. The largest absolute Gasteiger partial charge is 0.372 e. The van der Waals surface area contributed by atoms with E-state index >= 15 is 0 Å². The Labute approximate surface area is 111 Å². The molecule has 0 aromatic heterocycles. The summed E-state index contributed by atoms with van der Waals surface area (Å²) >= 11 is 0. The average molecular weight is 249 g/mol. The summed E-state index contributed by atoms with van der Waals surface area (Å²) in [4.78, 5) is 0. The molecule has 4 bridgehead atoms. The molecule has 0 aromatic carbocycles. The smallest absolute Gasteiger partial charge is 0.0860 e. The normalized spacial score (nSPS) is 54.8. The minimum atomic E-state index is 0.168. The molecule has 0 spiro atoms. The standard InChI is InChI=1S/C16H27NO/c1-2-16(11-17-3-4-18-16)15-8-12-5-13(9-15)7-14(6-12)10-15/h12-14,17H,2-11H2,1H3. The van der Waals surface area contributed by atoms with Crippen molar-refractivity contribution >= 4 is 0 Å². The van der Waals surface area contributed by atoms with E-state index in [1.165, 1.54) is 44.9 Å². The Morgan fingerprint density at radius 2 is 1.67 bits per heavy atom. The molecule has 4 aliphatic carbocycles. The van der Waals surface area contributed by atoms with Gasteiger partial charge in [-0.05, 0) is 62.7 Å². The van der Waals surface area contributed by atoms with Gasteiger partial charge >= 0.3 is 0 Å². The van der Waals surface area contributed by atoms with Crippen molar-refractivity contribution in [1.29, 1.82) is 0 Å². The van der Waals surface area contributed by atoms with E-state index in [1.807, 2.05) is 0 Å². The van der Waals surface area contributed by atoms with E-state index < -0.39 is 0 Å². The van der Waals surface area contributed by atoms with Crippen LogP contribution >= 0.6 is 0 Å². The van der Waals surface area contributed by atoms with Crippen LogP contribution in [0.4, 0.5) is 0 Å². The highest BCUT2D eigenvalue weighted by atomic mass is 16.5. The molecule has 102 valence electrons. The molecule has 18 heavy (non-hydrogen) atoms. The lowest BCUT2D eigenvalue weighted by Crippen LogP contribution is -2.65. The Kier molecular flexibility index (Phi) is 2.58. The summed E-state index contributed by atoms with van der Waals surface area (Å²) in [5.74, 6) is 3.10. The predicted octanol–water partition coefficient (Wildman–Crippen LogP) is 2.97. The average Bonchev–Trinajstić information content (AvgIpc) is 2.38. The second-order valence-corrected chi connectivity index (χ2v) is 7.57. The molecule has 1 aliphatic heterocycles. The van der Waals surface area contributed by atoms with Crippen LogP contribution in [0.2, 0.25) is 0 Å². The fourth-order valence-electron chi connectivity index (χ4n) is 6.27. The van der Waals surface area contributed by atoms with Gasteiger partial charge in [0.15, 0.2) is 0 Å². The Hall–Kier alpha value is -0.0800. The van der Waals surface area contributed by atoms with E-state index in [0.717, 1.165) is 37.5 Å². The molecule has 1 unspecified atom stereocenters. The monoisotopic (exact) mass is 249 g/mol. The number of hydrogen-bond donors (Lipinski definition) is 1. The van der Waals surface area contributed by atoms with Crippen LogP contribution in [-0.4, -0.2) is 25.3 Å². The van der Waals surface area contributed by atoms with Crippen molar-refractivity contribution in [3.05, 3.63) is 0 Å². The highest BCUT2D eigenvalue weighted by molar-refractivity contribution is 5.11. The summed E-state index contributed by atoms with van der Waals surface area (Å²) < 4.78 is 6.44. The Balaban J connectivity index is 1.69. The minimum absolute atomic E-state index is 0.168. The van der Waals surface area contributed by atoms with Gasteiger partial charge in [-0.15, -0.1) is 0 Å². The zero-order valence-electron chi connectivity index (χ0n) is 11.7. The fraction of sp³-hybridized carbons (Fsp3) is 1.00. The third kappa shape index (κ3) is 1.48. The Bertz CT molecular complexity index is 297. The molecule has 1 atom stereocenters. The van der Waals surface area contributed by atoms with Crippen molar-refractivity contribution in [2.75, 3.05) is 19.7 Å². The molecule has 5 aliphatic rings. The van der Waals surface area contributed by atoms with E-state index in [1.54, 1.807) is 0 Å². The number of morpholine rings is 1. The lowest BCUT2D eigenvalue weighted by molar-refractivity contribution is -0.214. The van der Waals surface area contributed by atoms with Crippen LogP contribution in [0.5, 0.6) is 0 Å². The summed E-state index contributed by atoms with van der Waals surface area (Å²) in [6, 6.07) is 0. The lowest BCUT2D eigenvalue weighted by atomic mass is 9.45. The van der Waals surface area contributed by atoms with Gasteiger partial charge in [-0.3, -0.25) is 0 Å². The van der Waals surface area contributed by atoms with Crippen molar-refractivity contribution in [3.63, 3.8) is 0 Å². The van der Waals surface area contributed by atoms with Crippen LogP contribution in [-0.2, 0) is 4.74 Å². The summed E-state index contributed by atoms with van der Waals surface area (Å²) in [5, 5.41) is 3.63. The maximum Gasteiger partial charge on any atom is 0.0860 e. The van der Waals surface area contributed by atoms with Gasteiger partial charge in [-0.25, -0.2) is 0 Å². The van der Waals surface area contributed by atoms with E-state index in [9.17, 15) is 0 Å². The Morgan fingerprint density at radius 3 is 2.11 bits per heavy atom. The van der Waals surface area contributed by atoms with Crippen molar-refractivity contribution in [3.8, 4) is 0 Å². The topological polar surface area (TPSA) is 21.3 Å². The van der Waals surface area contributed by atoms with Gasteiger partial charge in [0.1, 0.15) is 0 Å². The van der Waals surface area contributed by atoms with Gasteiger partial charge in [-0.1, -0.05) is 6.92 Å². The fourth-order valence-corrected chi connectivity index (χ4v) is 6.27. The molecule has 5 fully saturated rings. The molecule has 0 radical (unpaired) electrons. The van der Waals surface area contributed by atoms with Gasteiger partial charge in [0.25, 0.3) is 0 Å². The zero-order valence-corrected chi connectivity index (χ0v) is 11.7. The van der Waals surface area contributed by atoms with Crippen LogP contribution in [0, 0.1) is 23.2 Å². The molecule has 1 saturated heterocycles. The summed E-state index contributed by atoms with van der Waals surface area (Å²) in [6.45, 7) is 5.44. The van der Waals surface area contributed by atoms with Gasteiger partial charge in [0, 0.05) is 18.5 Å². The van der Waals surface area contributed by atoms with Gasteiger partial charge in [0.05, 0.1) is 12.2 Å². The maximum atomic E-state index is 6.44. The number of rotatable bonds is 2. The number of ether oxygens (including phenoxy) is 1. The molecular formula is C16H27NO. The number of hydrogen-bond acceptors (Lipinski definition) is 2. The quantitative estimate of drug-likeness (QED) is 0.812. The van der Waals surface area contributed by atoms with E-state index in [0.29, 0.717) is 5.41 Å². The summed E-state index contributed by atoms with van der Waals surface area (Å²) in [7, 11) is 0. The molecule has 0 amide bonds. The molecule has 2 heteroatoms. The van der Waals surface area contributed by atoms with Crippen molar-refractivity contribution in [1.82, 2.24) is 5.32 Å². The first-order chi connectivity index (χ1) is 8.75. The molecule has 1 N–H and O–H groups in total.